The first-order valence-electron chi connectivity index (χ1n) is 8.31. The predicted molar refractivity (Wildman–Crippen MR) is 82.5 cm³/mol. The van der Waals surface area contributed by atoms with Gasteiger partial charge >= 0.3 is 0 Å². The fourth-order valence-electron chi connectivity index (χ4n) is 3.59. The van der Waals surface area contributed by atoms with Crippen molar-refractivity contribution in [2.75, 3.05) is 13.1 Å². The SMILES string of the molecule is CC(C)N1CCC(NC(=O)CC2(N)CCCCC2)CC1. The van der Waals surface area contributed by atoms with Gasteiger partial charge in [0.2, 0.25) is 5.91 Å². The highest BCUT2D eigenvalue weighted by molar-refractivity contribution is 5.77. The van der Waals surface area contributed by atoms with Gasteiger partial charge in [-0.25, -0.2) is 0 Å². The minimum absolute atomic E-state index is 0.164. The zero-order valence-corrected chi connectivity index (χ0v) is 13.2. The molecule has 1 saturated carbocycles. The molecule has 0 spiro atoms. The smallest absolute Gasteiger partial charge is 0.222 e. The van der Waals surface area contributed by atoms with Crippen LogP contribution >= 0.6 is 0 Å². The number of piperidine rings is 1. The molecule has 2 fully saturated rings. The molecule has 4 heteroatoms. The Morgan fingerprint density at radius 1 is 1.25 bits per heavy atom. The maximum Gasteiger partial charge on any atom is 0.222 e. The zero-order chi connectivity index (χ0) is 14.6. The second kappa shape index (κ2) is 6.90. The second-order valence-corrected chi connectivity index (χ2v) is 7.07. The van der Waals surface area contributed by atoms with Crippen molar-refractivity contribution in [1.82, 2.24) is 10.2 Å². The molecule has 20 heavy (non-hydrogen) atoms. The Hall–Kier alpha value is -0.610. The molecule has 1 saturated heterocycles. The van der Waals surface area contributed by atoms with Crippen molar-refractivity contribution in [3.05, 3.63) is 0 Å². The Morgan fingerprint density at radius 2 is 1.85 bits per heavy atom. The van der Waals surface area contributed by atoms with Crippen LogP contribution in [0.15, 0.2) is 0 Å². The Kier molecular flexibility index (Phi) is 5.44. The van der Waals surface area contributed by atoms with Crippen LogP contribution in [0.1, 0.15) is 65.2 Å². The summed E-state index contributed by atoms with van der Waals surface area (Å²) >= 11 is 0. The summed E-state index contributed by atoms with van der Waals surface area (Å²) in [7, 11) is 0. The molecule has 0 aromatic carbocycles. The highest BCUT2D eigenvalue weighted by atomic mass is 16.1. The van der Waals surface area contributed by atoms with Gasteiger partial charge in [-0.05, 0) is 39.5 Å². The number of amides is 1. The third kappa shape index (κ3) is 4.45. The molecule has 1 aliphatic carbocycles. The van der Waals surface area contributed by atoms with Crippen LogP contribution in [0.25, 0.3) is 0 Å². The van der Waals surface area contributed by atoms with E-state index in [1.807, 2.05) is 0 Å². The summed E-state index contributed by atoms with van der Waals surface area (Å²) in [6.45, 7) is 6.66. The van der Waals surface area contributed by atoms with E-state index in [2.05, 4.69) is 24.1 Å². The van der Waals surface area contributed by atoms with Crippen molar-refractivity contribution in [3.63, 3.8) is 0 Å². The Balaban J connectivity index is 1.72. The van der Waals surface area contributed by atoms with Crippen molar-refractivity contribution >= 4 is 5.91 Å². The van der Waals surface area contributed by atoms with Crippen LogP contribution in [0, 0.1) is 0 Å². The van der Waals surface area contributed by atoms with Gasteiger partial charge in [-0.3, -0.25) is 4.79 Å². The molecule has 3 N–H and O–H groups in total. The molecule has 2 rings (SSSR count). The lowest BCUT2D eigenvalue weighted by Crippen LogP contribution is -2.50. The molecule has 1 aliphatic heterocycles. The van der Waals surface area contributed by atoms with E-state index in [1.165, 1.54) is 19.3 Å². The zero-order valence-electron chi connectivity index (χ0n) is 13.2. The summed E-state index contributed by atoms with van der Waals surface area (Å²) in [5.41, 5.74) is 6.12. The molecular weight excluding hydrogens is 250 g/mol. The van der Waals surface area contributed by atoms with E-state index in [9.17, 15) is 4.79 Å². The molecule has 1 amide bonds. The van der Waals surface area contributed by atoms with E-state index < -0.39 is 0 Å². The van der Waals surface area contributed by atoms with Crippen molar-refractivity contribution in [2.24, 2.45) is 5.73 Å². The molecule has 0 unspecified atom stereocenters. The van der Waals surface area contributed by atoms with E-state index in [-0.39, 0.29) is 11.4 Å². The first kappa shape index (κ1) is 15.8. The van der Waals surface area contributed by atoms with E-state index in [4.69, 9.17) is 5.73 Å². The minimum Gasteiger partial charge on any atom is -0.353 e. The summed E-state index contributed by atoms with van der Waals surface area (Å²) in [6, 6.07) is 0.964. The third-order valence-electron chi connectivity index (χ3n) is 4.99. The number of carbonyl (C=O) groups excluding carboxylic acids is 1. The fraction of sp³-hybridized carbons (Fsp3) is 0.938. The molecule has 0 atom stereocenters. The van der Waals surface area contributed by atoms with Crippen LogP contribution < -0.4 is 11.1 Å². The number of carbonyl (C=O) groups is 1. The van der Waals surface area contributed by atoms with Crippen molar-refractivity contribution < 1.29 is 4.79 Å². The lowest BCUT2D eigenvalue weighted by Gasteiger charge is -2.36. The van der Waals surface area contributed by atoms with Crippen LogP contribution in [0.2, 0.25) is 0 Å². The topological polar surface area (TPSA) is 58.4 Å². The number of nitrogens with one attached hydrogen (secondary N) is 1. The molecule has 0 bridgehead atoms. The summed E-state index contributed by atoms with van der Waals surface area (Å²) < 4.78 is 0. The molecule has 0 aromatic rings. The highest BCUT2D eigenvalue weighted by Crippen LogP contribution is 2.28. The van der Waals surface area contributed by atoms with Gasteiger partial charge in [0, 0.05) is 37.1 Å². The van der Waals surface area contributed by atoms with E-state index in [1.54, 1.807) is 0 Å². The third-order valence-corrected chi connectivity index (χ3v) is 4.99. The molecule has 4 nitrogen and oxygen atoms in total. The van der Waals surface area contributed by atoms with Gasteiger partial charge in [-0.2, -0.15) is 0 Å². The van der Waals surface area contributed by atoms with Gasteiger partial charge in [-0.15, -0.1) is 0 Å². The number of nitrogens with zero attached hydrogens (tertiary/aromatic N) is 1. The van der Waals surface area contributed by atoms with Crippen molar-refractivity contribution in [1.29, 1.82) is 0 Å². The maximum absolute atomic E-state index is 12.2. The summed E-state index contributed by atoms with van der Waals surface area (Å²) in [5, 5.41) is 3.21. The number of likely N-dealkylation sites (tertiary alicyclic amines) is 1. The van der Waals surface area contributed by atoms with E-state index in [0.717, 1.165) is 38.8 Å². The van der Waals surface area contributed by atoms with Gasteiger partial charge in [0.05, 0.1) is 0 Å². The molecule has 0 aromatic heterocycles. The first-order valence-corrected chi connectivity index (χ1v) is 8.31. The van der Waals surface area contributed by atoms with Gasteiger partial charge in [-0.1, -0.05) is 19.3 Å². The highest BCUT2D eigenvalue weighted by Gasteiger charge is 2.31. The maximum atomic E-state index is 12.2. The number of nitrogens with two attached hydrogens (primary N) is 1. The lowest BCUT2D eigenvalue weighted by atomic mass is 9.80. The van der Waals surface area contributed by atoms with Gasteiger partial charge < -0.3 is 16.0 Å². The van der Waals surface area contributed by atoms with Crippen molar-refractivity contribution in [2.45, 2.75) is 82.8 Å². The fourth-order valence-corrected chi connectivity index (χ4v) is 3.59. The summed E-state index contributed by atoms with van der Waals surface area (Å²) in [6.07, 6.45) is 8.29. The van der Waals surface area contributed by atoms with Crippen molar-refractivity contribution in [3.8, 4) is 0 Å². The average molecular weight is 281 g/mol. The van der Waals surface area contributed by atoms with Crippen LogP contribution in [0.5, 0.6) is 0 Å². The summed E-state index contributed by atoms with van der Waals surface area (Å²) in [4.78, 5) is 14.7. The van der Waals surface area contributed by atoms with E-state index in [0.29, 0.717) is 18.5 Å². The molecular formula is C16H31N3O. The standard InChI is InChI=1S/C16H31N3O/c1-13(2)19-10-6-14(7-11-19)18-15(20)12-16(17)8-4-3-5-9-16/h13-14H,3-12,17H2,1-2H3,(H,18,20). The Bertz CT molecular complexity index is 316. The van der Waals surface area contributed by atoms with Gasteiger partial charge in [0.15, 0.2) is 0 Å². The minimum atomic E-state index is -0.235. The molecule has 1 heterocycles. The number of hydrogen-bond donors (Lipinski definition) is 2. The lowest BCUT2D eigenvalue weighted by molar-refractivity contribution is -0.123. The monoisotopic (exact) mass is 281 g/mol. The van der Waals surface area contributed by atoms with Crippen LogP contribution in [0.4, 0.5) is 0 Å². The molecule has 116 valence electrons. The number of rotatable bonds is 4. The second-order valence-electron chi connectivity index (χ2n) is 7.07. The Labute approximate surface area is 123 Å². The average Bonchev–Trinajstić information content (AvgIpc) is 2.39. The van der Waals surface area contributed by atoms with Gasteiger partial charge in [0.25, 0.3) is 0 Å². The normalized spacial score (nSPS) is 24.8. The largest absolute Gasteiger partial charge is 0.353 e. The predicted octanol–water partition coefficient (Wildman–Crippen LogP) is 2.03. The summed E-state index contributed by atoms with van der Waals surface area (Å²) in [5.74, 6) is 0.164. The van der Waals surface area contributed by atoms with Gasteiger partial charge in [0.1, 0.15) is 0 Å². The molecule has 2 aliphatic rings. The number of hydrogen-bond acceptors (Lipinski definition) is 3. The quantitative estimate of drug-likeness (QED) is 0.829. The first-order chi connectivity index (χ1) is 9.48. The van der Waals surface area contributed by atoms with Crippen LogP contribution in [-0.4, -0.2) is 41.5 Å². The van der Waals surface area contributed by atoms with Crippen LogP contribution in [-0.2, 0) is 4.79 Å². The van der Waals surface area contributed by atoms with Crippen LogP contribution in [0.3, 0.4) is 0 Å². The van der Waals surface area contributed by atoms with E-state index >= 15 is 0 Å². The molecule has 0 radical (unpaired) electrons. The Morgan fingerprint density at radius 3 is 2.40 bits per heavy atom.